The molecule has 0 saturated heterocycles. The molecule has 0 fully saturated rings. The SMILES string of the molecule is CC1=C(C(=O)Nc2ccccc2)C(c2ccsc2)C(C#N)C(SCC(=O)Nc2ccc(Cl)cc2)=N1. The summed E-state index contributed by atoms with van der Waals surface area (Å²) >= 11 is 8.61. The number of nitrogens with zero attached hydrogens (tertiary/aromatic N) is 2. The Morgan fingerprint density at radius 3 is 2.46 bits per heavy atom. The van der Waals surface area contributed by atoms with E-state index in [-0.39, 0.29) is 17.6 Å². The molecule has 0 saturated carbocycles. The van der Waals surface area contributed by atoms with Gasteiger partial charge in [-0.3, -0.25) is 9.59 Å². The summed E-state index contributed by atoms with van der Waals surface area (Å²) in [5.41, 5.74) is 3.15. The van der Waals surface area contributed by atoms with E-state index >= 15 is 0 Å². The number of carbonyl (C=O) groups excluding carboxylic acids is 2. The second-order valence-electron chi connectivity index (χ2n) is 7.75. The van der Waals surface area contributed by atoms with Gasteiger partial charge < -0.3 is 10.6 Å². The smallest absolute Gasteiger partial charge is 0.254 e. The van der Waals surface area contributed by atoms with E-state index in [9.17, 15) is 14.9 Å². The molecule has 3 aromatic rings. The van der Waals surface area contributed by atoms with Crippen LogP contribution in [0, 0.1) is 17.2 Å². The normalized spacial score (nSPS) is 17.3. The second-order valence-corrected chi connectivity index (χ2v) is 9.97. The number of amides is 2. The first-order chi connectivity index (χ1) is 17.0. The zero-order valence-electron chi connectivity index (χ0n) is 18.7. The summed E-state index contributed by atoms with van der Waals surface area (Å²) in [4.78, 5) is 30.5. The van der Waals surface area contributed by atoms with Crippen molar-refractivity contribution in [3.63, 3.8) is 0 Å². The van der Waals surface area contributed by atoms with E-state index in [0.717, 1.165) is 5.56 Å². The molecule has 0 aliphatic carbocycles. The zero-order valence-corrected chi connectivity index (χ0v) is 21.1. The van der Waals surface area contributed by atoms with Gasteiger partial charge in [-0.15, -0.1) is 0 Å². The topological polar surface area (TPSA) is 94.4 Å². The highest BCUT2D eigenvalue weighted by Gasteiger charge is 2.39. The van der Waals surface area contributed by atoms with E-state index in [2.05, 4.69) is 21.7 Å². The number of thioether (sulfide) groups is 1. The Labute approximate surface area is 216 Å². The molecular weight excluding hydrogens is 500 g/mol. The summed E-state index contributed by atoms with van der Waals surface area (Å²) < 4.78 is 0. The van der Waals surface area contributed by atoms with Crippen LogP contribution in [0.1, 0.15) is 18.4 Å². The Morgan fingerprint density at radius 1 is 1.09 bits per heavy atom. The number of allylic oxidation sites excluding steroid dienone is 1. The molecule has 176 valence electrons. The number of halogens is 1. The average Bonchev–Trinajstić information content (AvgIpc) is 3.39. The maximum Gasteiger partial charge on any atom is 0.254 e. The fourth-order valence-electron chi connectivity index (χ4n) is 3.79. The predicted molar refractivity (Wildman–Crippen MR) is 144 cm³/mol. The lowest BCUT2D eigenvalue weighted by molar-refractivity contribution is -0.114. The Morgan fingerprint density at radius 2 is 1.80 bits per heavy atom. The van der Waals surface area contributed by atoms with Crippen molar-refractivity contribution in [2.75, 3.05) is 16.4 Å². The fraction of sp³-hybridized carbons (Fsp3) is 0.154. The molecular formula is C26H21ClN4O2S2. The molecule has 4 rings (SSSR count). The van der Waals surface area contributed by atoms with Crippen molar-refractivity contribution in [2.45, 2.75) is 12.8 Å². The minimum absolute atomic E-state index is 0.0782. The number of hydrogen-bond donors (Lipinski definition) is 2. The Hall–Kier alpha value is -3.38. The molecule has 2 unspecified atom stereocenters. The van der Waals surface area contributed by atoms with Gasteiger partial charge in [0, 0.05) is 33.6 Å². The number of aliphatic imine (C=N–C) groups is 1. The lowest BCUT2D eigenvalue weighted by Gasteiger charge is -2.29. The molecule has 1 aliphatic heterocycles. The summed E-state index contributed by atoms with van der Waals surface area (Å²) in [5.74, 6) is -1.63. The number of anilines is 2. The van der Waals surface area contributed by atoms with Gasteiger partial charge >= 0.3 is 0 Å². The molecule has 1 aliphatic rings. The minimum atomic E-state index is -0.696. The number of para-hydroxylation sites is 1. The zero-order chi connectivity index (χ0) is 24.8. The lowest BCUT2D eigenvalue weighted by atomic mass is 9.79. The van der Waals surface area contributed by atoms with Crippen LogP contribution in [0.5, 0.6) is 0 Å². The fourth-order valence-corrected chi connectivity index (χ4v) is 5.53. The van der Waals surface area contributed by atoms with Gasteiger partial charge in [0.1, 0.15) is 5.92 Å². The van der Waals surface area contributed by atoms with E-state index < -0.39 is 11.8 Å². The van der Waals surface area contributed by atoms with Gasteiger partial charge in [-0.05, 0) is 65.7 Å². The molecule has 0 bridgehead atoms. The Bertz CT molecular complexity index is 1310. The average molecular weight is 521 g/mol. The van der Waals surface area contributed by atoms with Crippen LogP contribution in [0.4, 0.5) is 11.4 Å². The van der Waals surface area contributed by atoms with Gasteiger partial charge in [-0.25, -0.2) is 4.99 Å². The maximum atomic E-state index is 13.3. The summed E-state index contributed by atoms with van der Waals surface area (Å²) in [6, 6.07) is 20.3. The molecule has 0 spiro atoms. The molecule has 2 heterocycles. The number of nitrogens with one attached hydrogen (secondary N) is 2. The van der Waals surface area contributed by atoms with E-state index in [1.54, 1.807) is 31.2 Å². The van der Waals surface area contributed by atoms with Gasteiger partial charge in [-0.1, -0.05) is 41.6 Å². The third-order valence-corrected chi connectivity index (χ3v) is 7.38. The quantitative estimate of drug-likeness (QED) is 0.397. The number of carbonyl (C=O) groups is 2. The van der Waals surface area contributed by atoms with Crippen molar-refractivity contribution < 1.29 is 9.59 Å². The molecule has 2 atom stereocenters. The largest absolute Gasteiger partial charge is 0.325 e. The maximum absolute atomic E-state index is 13.3. The summed E-state index contributed by atoms with van der Waals surface area (Å²) in [6.45, 7) is 1.77. The molecule has 2 amide bonds. The van der Waals surface area contributed by atoms with E-state index in [1.807, 2.05) is 47.2 Å². The van der Waals surface area contributed by atoms with E-state index in [0.29, 0.717) is 32.7 Å². The van der Waals surface area contributed by atoms with Crippen molar-refractivity contribution in [1.82, 2.24) is 0 Å². The third kappa shape index (κ3) is 6.01. The summed E-state index contributed by atoms with van der Waals surface area (Å²) in [7, 11) is 0. The molecule has 1 aromatic heterocycles. The predicted octanol–water partition coefficient (Wildman–Crippen LogP) is 6.32. The highest BCUT2D eigenvalue weighted by molar-refractivity contribution is 8.14. The van der Waals surface area contributed by atoms with Crippen LogP contribution in [0.3, 0.4) is 0 Å². The number of benzene rings is 2. The Balaban J connectivity index is 1.58. The number of hydrogen-bond acceptors (Lipinski definition) is 6. The highest BCUT2D eigenvalue weighted by Crippen LogP contribution is 2.42. The Kier molecular flexibility index (Phi) is 8.03. The number of nitriles is 1. The molecule has 0 radical (unpaired) electrons. The standard InChI is InChI=1S/C26H21ClN4O2S2/c1-16-23(25(33)31-19-5-3-2-4-6-19)24(17-11-12-34-14-17)21(13-28)26(29-16)35-15-22(32)30-20-9-7-18(27)8-10-20/h2-12,14,21,24H,15H2,1H3,(H,30,32)(H,31,33). The first-order valence-electron chi connectivity index (χ1n) is 10.7. The van der Waals surface area contributed by atoms with Gasteiger partial charge in [0.2, 0.25) is 5.91 Å². The van der Waals surface area contributed by atoms with Gasteiger partial charge in [0.25, 0.3) is 5.91 Å². The van der Waals surface area contributed by atoms with Crippen LogP contribution in [-0.2, 0) is 9.59 Å². The minimum Gasteiger partial charge on any atom is -0.325 e. The van der Waals surface area contributed by atoms with Crippen LogP contribution in [0.25, 0.3) is 0 Å². The first-order valence-corrected chi connectivity index (χ1v) is 13.0. The summed E-state index contributed by atoms with van der Waals surface area (Å²) in [6.07, 6.45) is 0. The number of thiophene rings is 1. The highest BCUT2D eigenvalue weighted by atomic mass is 35.5. The first kappa shape index (κ1) is 24.7. The number of rotatable bonds is 6. The van der Waals surface area contributed by atoms with Gasteiger partial charge in [-0.2, -0.15) is 16.6 Å². The third-order valence-electron chi connectivity index (χ3n) is 5.37. The van der Waals surface area contributed by atoms with Crippen molar-refractivity contribution in [1.29, 1.82) is 5.26 Å². The van der Waals surface area contributed by atoms with Crippen molar-refractivity contribution in [3.05, 3.63) is 93.3 Å². The lowest BCUT2D eigenvalue weighted by Crippen LogP contribution is -2.31. The van der Waals surface area contributed by atoms with Crippen molar-refractivity contribution in [3.8, 4) is 6.07 Å². The molecule has 2 N–H and O–H groups in total. The van der Waals surface area contributed by atoms with Crippen molar-refractivity contribution >= 4 is 62.9 Å². The van der Waals surface area contributed by atoms with Crippen LogP contribution >= 0.6 is 34.7 Å². The van der Waals surface area contributed by atoms with E-state index in [1.165, 1.54) is 23.1 Å². The van der Waals surface area contributed by atoms with Gasteiger partial charge in [0.05, 0.1) is 16.9 Å². The molecule has 9 heteroatoms. The van der Waals surface area contributed by atoms with Crippen LogP contribution in [0.15, 0.2) is 87.7 Å². The molecule has 35 heavy (non-hydrogen) atoms. The molecule has 2 aromatic carbocycles. The molecule has 6 nitrogen and oxygen atoms in total. The van der Waals surface area contributed by atoms with Crippen molar-refractivity contribution in [2.24, 2.45) is 10.9 Å². The monoisotopic (exact) mass is 520 g/mol. The second kappa shape index (κ2) is 11.4. The summed E-state index contributed by atoms with van der Waals surface area (Å²) in [5, 5.41) is 20.8. The van der Waals surface area contributed by atoms with Crippen LogP contribution in [-0.4, -0.2) is 22.6 Å². The van der Waals surface area contributed by atoms with Gasteiger partial charge in [0.15, 0.2) is 0 Å². The van der Waals surface area contributed by atoms with Crippen LogP contribution in [0.2, 0.25) is 5.02 Å². The van der Waals surface area contributed by atoms with Crippen LogP contribution < -0.4 is 10.6 Å². The van der Waals surface area contributed by atoms with E-state index in [4.69, 9.17) is 11.6 Å².